The minimum Gasteiger partial charge on any atom is -0.467 e. The number of hydrogen-bond acceptors (Lipinski definition) is 3. The predicted octanol–water partition coefficient (Wildman–Crippen LogP) is 4.28. The average molecular weight is 421 g/mol. The standard InChI is InChI=1S/C21H22Cl2N2O3/c1-20(13-21(20,22)23)19(27)25(12-17-3-2-10-28-17)11-14-4-6-15(7-5-14)18(26)24-16-8-9-16/h2-7,10,16H,8-9,11-13H2,1H3,(H,24,26). The van der Waals surface area contributed by atoms with Crippen LogP contribution in [-0.4, -0.2) is 27.1 Å². The van der Waals surface area contributed by atoms with Crippen LogP contribution in [0.25, 0.3) is 0 Å². The molecule has 0 saturated heterocycles. The molecule has 2 fully saturated rings. The molecule has 2 amide bonds. The van der Waals surface area contributed by atoms with Crippen LogP contribution in [0.4, 0.5) is 0 Å². The van der Waals surface area contributed by atoms with Crippen LogP contribution >= 0.6 is 23.2 Å². The van der Waals surface area contributed by atoms with Gasteiger partial charge in [-0.05, 0) is 56.0 Å². The second-order valence-electron chi connectivity index (χ2n) is 7.90. The van der Waals surface area contributed by atoms with Gasteiger partial charge in [-0.1, -0.05) is 12.1 Å². The summed E-state index contributed by atoms with van der Waals surface area (Å²) in [6.45, 7) is 2.49. The van der Waals surface area contributed by atoms with E-state index >= 15 is 0 Å². The molecule has 2 saturated carbocycles. The van der Waals surface area contributed by atoms with Gasteiger partial charge >= 0.3 is 0 Å². The van der Waals surface area contributed by atoms with Gasteiger partial charge in [0.2, 0.25) is 5.91 Å². The maximum atomic E-state index is 13.1. The first-order valence-electron chi connectivity index (χ1n) is 9.38. The number of nitrogens with zero attached hydrogens (tertiary/aromatic N) is 1. The molecule has 1 heterocycles. The Hall–Kier alpha value is -1.98. The SMILES string of the molecule is CC1(C(=O)N(Cc2ccc(C(=O)NC3CC3)cc2)Cc2ccco2)CC1(Cl)Cl. The Labute approximate surface area is 174 Å². The number of furan rings is 1. The van der Waals surface area contributed by atoms with E-state index in [2.05, 4.69) is 5.32 Å². The van der Waals surface area contributed by atoms with Gasteiger partial charge in [-0.25, -0.2) is 0 Å². The Morgan fingerprint density at radius 2 is 1.86 bits per heavy atom. The van der Waals surface area contributed by atoms with Crippen LogP contribution in [0.5, 0.6) is 0 Å². The minimum absolute atomic E-state index is 0.0582. The molecule has 0 bridgehead atoms. The van der Waals surface area contributed by atoms with Crippen molar-refractivity contribution < 1.29 is 14.0 Å². The topological polar surface area (TPSA) is 62.6 Å². The number of halogens is 2. The molecule has 2 aromatic rings. The summed E-state index contributed by atoms with van der Waals surface area (Å²) in [5, 5.41) is 2.97. The maximum absolute atomic E-state index is 13.1. The average Bonchev–Trinajstić information content (AvgIpc) is 3.48. The third-order valence-corrected chi connectivity index (χ3v) is 6.55. The molecule has 4 rings (SSSR count). The van der Waals surface area contributed by atoms with Gasteiger partial charge < -0.3 is 14.6 Å². The van der Waals surface area contributed by atoms with Crippen LogP contribution < -0.4 is 5.32 Å². The summed E-state index contributed by atoms with van der Waals surface area (Å²) in [5.74, 6) is 0.523. The summed E-state index contributed by atoms with van der Waals surface area (Å²) in [7, 11) is 0. The molecule has 1 N–H and O–H groups in total. The largest absolute Gasteiger partial charge is 0.467 e. The molecule has 1 aromatic carbocycles. The van der Waals surface area contributed by atoms with Crippen molar-refractivity contribution in [3.05, 3.63) is 59.5 Å². The first-order chi connectivity index (χ1) is 13.3. The zero-order valence-corrected chi connectivity index (χ0v) is 17.1. The molecule has 2 aliphatic carbocycles. The molecule has 0 aliphatic heterocycles. The molecule has 0 spiro atoms. The molecular formula is C21H22Cl2N2O3. The lowest BCUT2D eigenvalue weighted by Gasteiger charge is -2.26. The zero-order valence-electron chi connectivity index (χ0n) is 15.6. The number of alkyl halides is 2. The van der Waals surface area contributed by atoms with Gasteiger partial charge in [0.05, 0.1) is 18.2 Å². The van der Waals surface area contributed by atoms with Gasteiger partial charge in [0.1, 0.15) is 10.1 Å². The fourth-order valence-corrected chi connectivity index (χ4v) is 3.95. The van der Waals surface area contributed by atoms with Crippen molar-refractivity contribution in [1.29, 1.82) is 0 Å². The molecule has 28 heavy (non-hydrogen) atoms. The third-order valence-electron chi connectivity index (χ3n) is 5.45. The van der Waals surface area contributed by atoms with E-state index in [0.29, 0.717) is 36.9 Å². The van der Waals surface area contributed by atoms with Gasteiger partial charge in [-0.2, -0.15) is 0 Å². The Kier molecular flexibility index (Phi) is 4.92. The van der Waals surface area contributed by atoms with E-state index in [1.807, 2.05) is 18.2 Å². The van der Waals surface area contributed by atoms with E-state index in [1.54, 1.807) is 36.3 Å². The molecule has 1 atom stereocenters. The maximum Gasteiger partial charge on any atom is 0.251 e. The lowest BCUT2D eigenvalue weighted by atomic mass is 10.1. The van der Waals surface area contributed by atoms with E-state index in [4.69, 9.17) is 27.6 Å². The van der Waals surface area contributed by atoms with Crippen LogP contribution in [0.2, 0.25) is 0 Å². The lowest BCUT2D eigenvalue weighted by Crippen LogP contribution is -2.37. The summed E-state index contributed by atoms with van der Waals surface area (Å²) in [6.07, 6.45) is 4.11. The Morgan fingerprint density at radius 1 is 1.18 bits per heavy atom. The van der Waals surface area contributed by atoms with Gasteiger partial charge in [0, 0.05) is 18.2 Å². The minimum atomic E-state index is -1.03. The number of amides is 2. The zero-order chi connectivity index (χ0) is 19.9. The summed E-state index contributed by atoms with van der Waals surface area (Å²) < 4.78 is 4.39. The number of hydrogen-bond donors (Lipinski definition) is 1. The summed E-state index contributed by atoms with van der Waals surface area (Å²) in [6, 6.07) is 11.2. The van der Waals surface area contributed by atoms with E-state index in [0.717, 1.165) is 18.4 Å². The molecule has 1 unspecified atom stereocenters. The second-order valence-corrected chi connectivity index (χ2v) is 9.38. The van der Waals surface area contributed by atoms with E-state index in [9.17, 15) is 9.59 Å². The van der Waals surface area contributed by atoms with E-state index in [1.165, 1.54) is 0 Å². The molecular weight excluding hydrogens is 399 g/mol. The smallest absolute Gasteiger partial charge is 0.251 e. The summed E-state index contributed by atoms with van der Waals surface area (Å²) in [4.78, 5) is 27.0. The van der Waals surface area contributed by atoms with E-state index < -0.39 is 9.75 Å². The number of carbonyl (C=O) groups excluding carboxylic acids is 2. The lowest BCUT2D eigenvalue weighted by molar-refractivity contribution is -0.138. The molecule has 7 heteroatoms. The highest BCUT2D eigenvalue weighted by Gasteiger charge is 2.68. The van der Waals surface area contributed by atoms with Crippen LogP contribution in [0.15, 0.2) is 47.1 Å². The van der Waals surface area contributed by atoms with Crippen LogP contribution in [0.3, 0.4) is 0 Å². The highest BCUT2D eigenvalue weighted by Crippen LogP contribution is 2.64. The first kappa shape index (κ1) is 19.3. The van der Waals surface area contributed by atoms with Crippen molar-refractivity contribution in [1.82, 2.24) is 10.2 Å². The van der Waals surface area contributed by atoms with Crippen LogP contribution in [-0.2, 0) is 17.9 Å². The highest BCUT2D eigenvalue weighted by molar-refractivity contribution is 6.53. The van der Waals surface area contributed by atoms with Gasteiger partial charge in [-0.15, -0.1) is 23.2 Å². The summed E-state index contributed by atoms with van der Waals surface area (Å²) >= 11 is 12.4. The molecule has 1 aromatic heterocycles. The number of nitrogens with one attached hydrogen (secondary N) is 1. The third kappa shape index (κ3) is 3.91. The van der Waals surface area contributed by atoms with Crippen molar-refractivity contribution in [2.24, 2.45) is 5.41 Å². The van der Waals surface area contributed by atoms with Gasteiger partial charge in [0.25, 0.3) is 5.91 Å². The second kappa shape index (κ2) is 7.12. The van der Waals surface area contributed by atoms with Crippen molar-refractivity contribution in [2.75, 3.05) is 0 Å². The fraction of sp³-hybridized carbons (Fsp3) is 0.429. The predicted molar refractivity (Wildman–Crippen MR) is 107 cm³/mol. The normalized spacial score (nSPS) is 22.5. The number of carbonyl (C=O) groups is 2. The fourth-order valence-electron chi connectivity index (χ4n) is 3.25. The Balaban J connectivity index is 1.48. The van der Waals surface area contributed by atoms with Crippen molar-refractivity contribution in [3.8, 4) is 0 Å². The molecule has 0 radical (unpaired) electrons. The van der Waals surface area contributed by atoms with Crippen LogP contribution in [0.1, 0.15) is 47.9 Å². The van der Waals surface area contributed by atoms with Gasteiger partial charge in [0.15, 0.2) is 0 Å². The van der Waals surface area contributed by atoms with Crippen LogP contribution in [0, 0.1) is 5.41 Å². The van der Waals surface area contributed by atoms with Crippen molar-refractivity contribution in [2.45, 2.75) is 49.7 Å². The Bertz CT molecular complexity index is 876. The summed E-state index contributed by atoms with van der Waals surface area (Å²) in [5.41, 5.74) is 0.739. The highest BCUT2D eigenvalue weighted by atomic mass is 35.5. The first-order valence-corrected chi connectivity index (χ1v) is 10.1. The molecule has 148 valence electrons. The quantitative estimate of drug-likeness (QED) is 0.679. The Morgan fingerprint density at radius 3 is 2.39 bits per heavy atom. The number of rotatable bonds is 7. The number of benzene rings is 1. The van der Waals surface area contributed by atoms with Crippen molar-refractivity contribution >= 4 is 35.0 Å². The molecule has 5 nitrogen and oxygen atoms in total. The van der Waals surface area contributed by atoms with E-state index in [-0.39, 0.29) is 11.8 Å². The monoisotopic (exact) mass is 420 g/mol. The van der Waals surface area contributed by atoms with Gasteiger partial charge in [-0.3, -0.25) is 9.59 Å². The molecule has 2 aliphatic rings. The van der Waals surface area contributed by atoms with Crippen molar-refractivity contribution in [3.63, 3.8) is 0 Å².